The van der Waals surface area contributed by atoms with Crippen molar-refractivity contribution in [1.82, 2.24) is 0 Å². The Kier molecular flexibility index (Phi) is 6.75. The maximum Gasteiger partial charge on any atom is 0.339 e. The van der Waals surface area contributed by atoms with Crippen LogP contribution in [0.3, 0.4) is 0 Å². The molecule has 30 heavy (non-hydrogen) atoms. The van der Waals surface area contributed by atoms with Crippen molar-refractivity contribution in [2.24, 2.45) is 0 Å². The first-order valence-corrected chi connectivity index (χ1v) is 9.68. The molecule has 1 N–H and O–H groups in total. The molecule has 0 unspecified atom stereocenters. The van der Waals surface area contributed by atoms with Gasteiger partial charge in [-0.3, -0.25) is 9.59 Å². The largest absolute Gasteiger partial charge is 0.449 e. The molecule has 0 bridgehead atoms. The predicted octanol–water partition coefficient (Wildman–Crippen LogP) is 4.66. The van der Waals surface area contributed by atoms with Gasteiger partial charge in [-0.15, -0.1) is 0 Å². The summed E-state index contributed by atoms with van der Waals surface area (Å²) in [5, 5.41) is 2.68. The molecule has 1 amide bonds. The molecule has 152 valence electrons. The van der Waals surface area contributed by atoms with E-state index in [1.54, 1.807) is 36.4 Å². The zero-order valence-corrected chi connectivity index (χ0v) is 16.9. The lowest BCUT2D eigenvalue weighted by Crippen LogP contribution is -2.30. The number of benzene rings is 3. The van der Waals surface area contributed by atoms with Gasteiger partial charge in [0, 0.05) is 11.3 Å². The normalized spacial score (nSPS) is 11.4. The molecule has 5 nitrogen and oxygen atoms in total. The van der Waals surface area contributed by atoms with E-state index in [0.717, 1.165) is 11.1 Å². The van der Waals surface area contributed by atoms with Gasteiger partial charge in [-0.25, -0.2) is 4.79 Å². The van der Waals surface area contributed by atoms with Crippen molar-refractivity contribution in [3.63, 3.8) is 0 Å². The van der Waals surface area contributed by atoms with Crippen LogP contribution in [-0.4, -0.2) is 23.8 Å². The number of ketones is 1. The third-order valence-electron chi connectivity index (χ3n) is 4.66. The molecular formula is C25H23NO4. The first-order chi connectivity index (χ1) is 14.4. The second-order valence-electron chi connectivity index (χ2n) is 6.99. The van der Waals surface area contributed by atoms with Crippen molar-refractivity contribution >= 4 is 23.3 Å². The molecule has 0 fully saturated rings. The topological polar surface area (TPSA) is 72.5 Å². The molecule has 3 aromatic carbocycles. The standard InChI is InChI=1S/C25H23NO4/c1-17(27)20-12-8-13-22(16-20)26-24(28)18(2)30-25(29)23-14-7-6-11-21(23)15-19-9-4-3-5-10-19/h3-14,16,18H,15H2,1-2H3,(H,26,28)/t18-/m1/s1. The molecular weight excluding hydrogens is 378 g/mol. The zero-order valence-electron chi connectivity index (χ0n) is 16.9. The van der Waals surface area contributed by atoms with E-state index in [0.29, 0.717) is 23.2 Å². The van der Waals surface area contributed by atoms with Gasteiger partial charge >= 0.3 is 5.97 Å². The minimum Gasteiger partial charge on any atom is -0.449 e. The van der Waals surface area contributed by atoms with Crippen molar-refractivity contribution in [2.75, 3.05) is 5.32 Å². The molecule has 0 aliphatic heterocycles. The van der Waals surface area contributed by atoms with Crippen molar-refractivity contribution < 1.29 is 19.1 Å². The van der Waals surface area contributed by atoms with Gasteiger partial charge in [-0.1, -0.05) is 60.7 Å². The smallest absolute Gasteiger partial charge is 0.339 e. The Morgan fingerprint density at radius 3 is 2.33 bits per heavy atom. The molecule has 0 heterocycles. The number of hydrogen-bond donors (Lipinski definition) is 1. The van der Waals surface area contributed by atoms with Gasteiger partial charge in [0.1, 0.15) is 0 Å². The Morgan fingerprint density at radius 2 is 1.60 bits per heavy atom. The molecule has 0 saturated heterocycles. The molecule has 5 heteroatoms. The Morgan fingerprint density at radius 1 is 0.900 bits per heavy atom. The summed E-state index contributed by atoms with van der Waals surface area (Å²) in [6.45, 7) is 2.97. The maximum atomic E-state index is 12.7. The van der Waals surface area contributed by atoms with Crippen LogP contribution in [0.4, 0.5) is 5.69 Å². The molecule has 0 spiro atoms. The second kappa shape index (κ2) is 9.65. The highest BCUT2D eigenvalue weighted by Crippen LogP contribution is 2.17. The summed E-state index contributed by atoms with van der Waals surface area (Å²) in [6.07, 6.45) is -0.409. The minimum absolute atomic E-state index is 0.0967. The summed E-state index contributed by atoms with van der Waals surface area (Å²) in [5.41, 5.74) is 3.30. The van der Waals surface area contributed by atoms with Crippen LogP contribution in [0.25, 0.3) is 0 Å². The number of ether oxygens (including phenoxy) is 1. The van der Waals surface area contributed by atoms with Gasteiger partial charge in [-0.05, 0) is 49.6 Å². The van der Waals surface area contributed by atoms with Crippen LogP contribution >= 0.6 is 0 Å². The van der Waals surface area contributed by atoms with Crippen LogP contribution in [0, 0.1) is 0 Å². The summed E-state index contributed by atoms with van der Waals surface area (Å²) >= 11 is 0. The number of esters is 1. The predicted molar refractivity (Wildman–Crippen MR) is 116 cm³/mol. The highest BCUT2D eigenvalue weighted by atomic mass is 16.5. The highest BCUT2D eigenvalue weighted by Gasteiger charge is 2.21. The van der Waals surface area contributed by atoms with E-state index < -0.39 is 18.0 Å². The lowest BCUT2D eigenvalue weighted by atomic mass is 10.00. The van der Waals surface area contributed by atoms with Crippen LogP contribution in [0.5, 0.6) is 0 Å². The van der Waals surface area contributed by atoms with Crippen molar-refractivity contribution in [3.8, 4) is 0 Å². The Bertz CT molecular complexity index is 1060. The van der Waals surface area contributed by atoms with Crippen LogP contribution in [0.1, 0.15) is 45.7 Å². The third-order valence-corrected chi connectivity index (χ3v) is 4.66. The van der Waals surface area contributed by atoms with E-state index in [-0.39, 0.29) is 5.78 Å². The fraction of sp³-hybridized carbons (Fsp3) is 0.160. The molecule has 0 aliphatic carbocycles. The molecule has 3 aromatic rings. The first kappa shape index (κ1) is 21.0. The van der Waals surface area contributed by atoms with E-state index in [1.807, 2.05) is 42.5 Å². The quantitative estimate of drug-likeness (QED) is 0.461. The highest BCUT2D eigenvalue weighted by molar-refractivity contribution is 5.99. The Balaban J connectivity index is 1.68. The number of carbonyl (C=O) groups excluding carboxylic acids is 3. The number of nitrogens with one attached hydrogen (secondary N) is 1. The summed E-state index contributed by atoms with van der Waals surface area (Å²) in [4.78, 5) is 36.7. The van der Waals surface area contributed by atoms with Crippen molar-refractivity contribution in [2.45, 2.75) is 26.4 Å². The van der Waals surface area contributed by atoms with E-state index in [1.165, 1.54) is 13.8 Å². The molecule has 0 aliphatic rings. The number of rotatable bonds is 7. The van der Waals surface area contributed by atoms with E-state index >= 15 is 0 Å². The summed E-state index contributed by atoms with van der Waals surface area (Å²) in [7, 11) is 0. The van der Waals surface area contributed by atoms with Gasteiger partial charge in [0.2, 0.25) is 0 Å². The van der Waals surface area contributed by atoms with Crippen molar-refractivity contribution in [3.05, 3.63) is 101 Å². The van der Waals surface area contributed by atoms with Crippen LogP contribution in [-0.2, 0) is 16.0 Å². The van der Waals surface area contributed by atoms with E-state index in [2.05, 4.69) is 5.32 Å². The molecule has 3 rings (SSSR count). The molecule has 1 atom stereocenters. The zero-order chi connectivity index (χ0) is 21.5. The first-order valence-electron chi connectivity index (χ1n) is 9.68. The summed E-state index contributed by atoms with van der Waals surface area (Å²) in [6, 6.07) is 23.6. The van der Waals surface area contributed by atoms with E-state index in [9.17, 15) is 14.4 Å². The second-order valence-corrected chi connectivity index (χ2v) is 6.99. The average Bonchev–Trinajstić information content (AvgIpc) is 2.75. The van der Waals surface area contributed by atoms with Crippen LogP contribution in [0.2, 0.25) is 0 Å². The minimum atomic E-state index is -0.997. The maximum absolute atomic E-state index is 12.7. The Labute approximate surface area is 175 Å². The fourth-order valence-corrected chi connectivity index (χ4v) is 3.03. The van der Waals surface area contributed by atoms with Gasteiger partial charge < -0.3 is 10.1 Å². The van der Waals surface area contributed by atoms with Gasteiger partial charge in [0.25, 0.3) is 5.91 Å². The number of hydrogen-bond acceptors (Lipinski definition) is 4. The fourth-order valence-electron chi connectivity index (χ4n) is 3.03. The number of anilines is 1. The SMILES string of the molecule is CC(=O)c1cccc(NC(=O)[C@@H](C)OC(=O)c2ccccc2Cc2ccccc2)c1. The third kappa shape index (κ3) is 5.41. The molecule has 0 saturated carbocycles. The lowest BCUT2D eigenvalue weighted by Gasteiger charge is -2.15. The van der Waals surface area contributed by atoms with Crippen LogP contribution < -0.4 is 5.32 Å². The lowest BCUT2D eigenvalue weighted by molar-refractivity contribution is -0.123. The van der Waals surface area contributed by atoms with Gasteiger partial charge in [0.05, 0.1) is 5.56 Å². The Hall–Kier alpha value is -3.73. The molecule has 0 radical (unpaired) electrons. The summed E-state index contributed by atoms with van der Waals surface area (Å²) < 4.78 is 5.41. The van der Waals surface area contributed by atoms with Crippen LogP contribution in [0.15, 0.2) is 78.9 Å². The monoisotopic (exact) mass is 401 g/mol. The van der Waals surface area contributed by atoms with Gasteiger partial charge in [0.15, 0.2) is 11.9 Å². The summed E-state index contributed by atoms with van der Waals surface area (Å²) in [5.74, 6) is -1.12. The molecule has 0 aromatic heterocycles. The van der Waals surface area contributed by atoms with E-state index in [4.69, 9.17) is 4.74 Å². The number of Topliss-reactive ketones (excluding diaryl/α,β-unsaturated/α-hetero) is 1. The number of amides is 1. The number of carbonyl (C=O) groups is 3. The van der Waals surface area contributed by atoms with Gasteiger partial charge in [-0.2, -0.15) is 0 Å². The average molecular weight is 401 g/mol. The van der Waals surface area contributed by atoms with Crippen molar-refractivity contribution in [1.29, 1.82) is 0 Å².